The average Bonchev–Trinajstić information content (AvgIpc) is 2.61. The third-order valence-electron chi connectivity index (χ3n) is 2.21. The summed E-state index contributed by atoms with van der Waals surface area (Å²) in [6.07, 6.45) is 3.72. The lowest BCUT2D eigenvalue weighted by molar-refractivity contribution is 0.528. The van der Waals surface area contributed by atoms with Gasteiger partial charge in [-0.15, -0.1) is 0 Å². The largest absolute Gasteiger partial charge is 0.316 e. The van der Waals surface area contributed by atoms with Crippen molar-refractivity contribution in [3.8, 4) is 0 Å². The van der Waals surface area contributed by atoms with E-state index in [9.17, 15) is 0 Å². The summed E-state index contributed by atoms with van der Waals surface area (Å²) < 4.78 is 2.00. The Bertz CT molecular complexity index is 267. The smallest absolute Gasteiger partial charge is 0.138 e. The van der Waals surface area contributed by atoms with Gasteiger partial charge in [0, 0.05) is 19.5 Å². The van der Waals surface area contributed by atoms with Gasteiger partial charge in [-0.25, -0.2) is 4.98 Å². The van der Waals surface area contributed by atoms with Gasteiger partial charge >= 0.3 is 0 Å². The predicted octanol–water partition coefficient (Wildman–Crippen LogP) is 1.48. The molecule has 0 radical (unpaired) electrons. The Balaban J connectivity index is 2.27. The molecule has 0 aliphatic rings. The van der Waals surface area contributed by atoms with Crippen LogP contribution in [0.1, 0.15) is 33.0 Å². The van der Waals surface area contributed by atoms with Crippen LogP contribution in [0, 0.1) is 5.92 Å². The molecule has 0 saturated carbocycles. The van der Waals surface area contributed by atoms with Gasteiger partial charge in [-0.2, -0.15) is 5.10 Å². The zero-order valence-corrected chi connectivity index (χ0v) is 10.0. The van der Waals surface area contributed by atoms with E-state index in [-0.39, 0.29) is 0 Å². The average molecular weight is 210 g/mol. The van der Waals surface area contributed by atoms with E-state index in [1.54, 1.807) is 6.33 Å². The molecular formula is C11H22N4. The normalized spacial score (nSPS) is 11.2. The van der Waals surface area contributed by atoms with Gasteiger partial charge in [0.2, 0.25) is 0 Å². The Morgan fingerprint density at radius 3 is 2.93 bits per heavy atom. The number of hydrogen-bond acceptors (Lipinski definition) is 3. The summed E-state index contributed by atoms with van der Waals surface area (Å²) in [7, 11) is 0. The highest BCUT2D eigenvalue weighted by Gasteiger charge is 2.02. The number of nitrogens with zero attached hydrogens (tertiary/aromatic N) is 3. The molecule has 0 fully saturated rings. The van der Waals surface area contributed by atoms with E-state index in [1.165, 1.54) is 0 Å². The molecule has 15 heavy (non-hydrogen) atoms. The number of nitrogens with one attached hydrogen (secondary N) is 1. The van der Waals surface area contributed by atoms with E-state index in [4.69, 9.17) is 0 Å². The zero-order valence-electron chi connectivity index (χ0n) is 10.0. The van der Waals surface area contributed by atoms with Crippen molar-refractivity contribution in [2.24, 2.45) is 5.92 Å². The van der Waals surface area contributed by atoms with Gasteiger partial charge in [-0.05, 0) is 18.9 Å². The highest BCUT2D eigenvalue weighted by molar-refractivity contribution is 4.85. The molecule has 1 N–H and O–H groups in total. The Morgan fingerprint density at radius 2 is 2.27 bits per heavy atom. The first-order chi connectivity index (χ1) is 7.24. The molecule has 0 bridgehead atoms. The Morgan fingerprint density at radius 1 is 1.47 bits per heavy atom. The van der Waals surface area contributed by atoms with Crippen LogP contribution in [0.3, 0.4) is 0 Å². The van der Waals surface area contributed by atoms with Crippen LogP contribution < -0.4 is 5.32 Å². The molecule has 0 unspecified atom stereocenters. The standard InChI is InChI=1S/C11H22N4/c1-4-7-15-11(13-9-14-15)5-6-12-8-10(2)3/h9-10,12H,4-8H2,1-3H3. The maximum Gasteiger partial charge on any atom is 0.138 e. The molecule has 86 valence electrons. The van der Waals surface area contributed by atoms with Crippen LogP contribution in [0.5, 0.6) is 0 Å². The summed E-state index contributed by atoms with van der Waals surface area (Å²) in [5.74, 6) is 1.80. The van der Waals surface area contributed by atoms with E-state index in [0.29, 0.717) is 5.92 Å². The van der Waals surface area contributed by atoms with Crippen LogP contribution in [0.2, 0.25) is 0 Å². The Hall–Kier alpha value is -0.900. The van der Waals surface area contributed by atoms with E-state index < -0.39 is 0 Å². The lowest BCUT2D eigenvalue weighted by Gasteiger charge is -2.07. The minimum absolute atomic E-state index is 0.707. The topological polar surface area (TPSA) is 42.7 Å². The Kier molecular flexibility index (Phi) is 5.32. The minimum atomic E-state index is 0.707. The van der Waals surface area contributed by atoms with Gasteiger partial charge in [-0.3, -0.25) is 4.68 Å². The van der Waals surface area contributed by atoms with E-state index in [2.05, 4.69) is 36.2 Å². The molecule has 1 aromatic heterocycles. The van der Waals surface area contributed by atoms with Crippen molar-refractivity contribution in [1.82, 2.24) is 20.1 Å². The number of hydrogen-bond donors (Lipinski definition) is 1. The summed E-state index contributed by atoms with van der Waals surface area (Å²) in [5.41, 5.74) is 0. The first-order valence-electron chi connectivity index (χ1n) is 5.81. The van der Waals surface area contributed by atoms with Gasteiger partial charge < -0.3 is 5.32 Å². The van der Waals surface area contributed by atoms with Crippen LogP contribution in [-0.2, 0) is 13.0 Å². The number of aryl methyl sites for hydroxylation is 1. The maximum atomic E-state index is 4.26. The van der Waals surface area contributed by atoms with E-state index in [1.807, 2.05) is 4.68 Å². The molecule has 1 heterocycles. The molecule has 0 atom stereocenters. The second-order valence-corrected chi connectivity index (χ2v) is 4.25. The second kappa shape index (κ2) is 6.56. The van der Waals surface area contributed by atoms with Crippen molar-refractivity contribution in [3.63, 3.8) is 0 Å². The van der Waals surface area contributed by atoms with Crippen LogP contribution in [0.15, 0.2) is 6.33 Å². The third kappa shape index (κ3) is 4.42. The molecule has 1 rings (SSSR count). The van der Waals surface area contributed by atoms with Crippen molar-refractivity contribution < 1.29 is 0 Å². The van der Waals surface area contributed by atoms with Crippen molar-refractivity contribution >= 4 is 0 Å². The molecule has 4 heteroatoms. The highest BCUT2D eigenvalue weighted by atomic mass is 15.3. The molecule has 0 aromatic carbocycles. The highest BCUT2D eigenvalue weighted by Crippen LogP contribution is 1.96. The predicted molar refractivity (Wildman–Crippen MR) is 61.7 cm³/mol. The fraction of sp³-hybridized carbons (Fsp3) is 0.818. The van der Waals surface area contributed by atoms with Crippen LogP contribution in [0.25, 0.3) is 0 Å². The summed E-state index contributed by atoms with van der Waals surface area (Å²) in [4.78, 5) is 4.26. The van der Waals surface area contributed by atoms with Gasteiger partial charge in [-0.1, -0.05) is 20.8 Å². The second-order valence-electron chi connectivity index (χ2n) is 4.25. The van der Waals surface area contributed by atoms with Crippen molar-refractivity contribution in [3.05, 3.63) is 12.2 Å². The monoisotopic (exact) mass is 210 g/mol. The third-order valence-corrected chi connectivity index (χ3v) is 2.21. The summed E-state index contributed by atoms with van der Waals surface area (Å²) in [6.45, 7) is 9.61. The first-order valence-corrected chi connectivity index (χ1v) is 5.81. The summed E-state index contributed by atoms with van der Waals surface area (Å²) in [6, 6.07) is 0. The van der Waals surface area contributed by atoms with Crippen molar-refractivity contribution in [2.75, 3.05) is 13.1 Å². The Labute approximate surface area is 92.1 Å². The van der Waals surface area contributed by atoms with Crippen LogP contribution in [-0.4, -0.2) is 27.9 Å². The molecule has 0 aliphatic carbocycles. The number of aromatic nitrogens is 3. The first kappa shape index (κ1) is 12.2. The lowest BCUT2D eigenvalue weighted by atomic mass is 10.2. The van der Waals surface area contributed by atoms with Crippen molar-refractivity contribution in [1.29, 1.82) is 0 Å². The molecule has 1 aromatic rings. The van der Waals surface area contributed by atoms with Gasteiger partial charge in [0.05, 0.1) is 0 Å². The maximum absolute atomic E-state index is 4.26. The minimum Gasteiger partial charge on any atom is -0.316 e. The summed E-state index contributed by atoms with van der Waals surface area (Å²) in [5, 5.41) is 7.61. The molecule has 0 amide bonds. The van der Waals surface area contributed by atoms with Crippen molar-refractivity contribution in [2.45, 2.75) is 40.2 Å². The van der Waals surface area contributed by atoms with Gasteiger partial charge in [0.25, 0.3) is 0 Å². The van der Waals surface area contributed by atoms with Crippen LogP contribution in [0.4, 0.5) is 0 Å². The molecule has 0 saturated heterocycles. The van der Waals surface area contributed by atoms with E-state index in [0.717, 1.165) is 38.3 Å². The molecule has 0 aliphatic heterocycles. The fourth-order valence-corrected chi connectivity index (χ4v) is 1.47. The summed E-state index contributed by atoms with van der Waals surface area (Å²) >= 11 is 0. The van der Waals surface area contributed by atoms with Gasteiger partial charge in [0.15, 0.2) is 0 Å². The van der Waals surface area contributed by atoms with Gasteiger partial charge in [0.1, 0.15) is 12.2 Å². The zero-order chi connectivity index (χ0) is 11.1. The SMILES string of the molecule is CCCn1ncnc1CCNCC(C)C. The van der Waals surface area contributed by atoms with E-state index >= 15 is 0 Å². The fourth-order valence-electron chi connectivity index (χ4n) is 1.47. The van der Waals surface area contributed by atoms with Crippen LogP contribution >= 0.6 is 0 Å². The quantitative estimate of drug-likeness (QED) is 0.693. The molecule has 0 spiro atoms. The number of rotatable bonds is 7. The molecular weight excluding hydrogens is 188 g/mol. The lowest BCUT2D eigenvalue weighted by Crippen LogP contribution is -2.23. The molecule has 4 nitrogen and oxygen atoms in total.